The third-order valence-corrected chi connectivity index (χ3v) is 2.43. The minimum Gasteiger partial charge on any atom is -0.431 e. The minimum absolute atomic E-state index is 0.119. The van der Waals surface area contributed by atoms with Gasteiger partial charge in [0, 0.05) is 0 Å². The van der Waals surface area contributed by atoms with Gasteiger partial charge in [0.15, 0.2) is 0 Å². The summed E-state index contributed by atoms with van der Waals surface area (Å²) in [4.78, 5) is 11.1. The van der Waals surface area contributed by atoms with Crippen LogP contribution in [-0.2, 0) is 9.53 Å². The summed E-state index contributed by atoms with van der Waals surface area (Å²) in [6.07, 6.45) is 2.33. The molecule has 1 unspecified atom stereocenters. The highest BCUT2D eigenvalue weighted by Crippen LogP contribution is 2.34. The summed E-state index contributed by atoms with van der Waals surface area (Å²) < 4.78 is 5.10. The van der Waals surface area contributed by atoms with E-state index in [0.29, 0.717) is 6.42 Å². The topological polar surface area (TPSA) is 26.3 Å². The maximum absolute atomic E-state index is 11.1. The van der Waals surface area contributed by atoms with E-state index in [4.69, 9.17) is 4.74 Å². The molecule has 14 heavy (non-hydrogen) atoms. The summed E-state index contributed by atoms with van der Waals surface area (Å²) in [6.45, 7) is 1.89. The number of hydrogen-bond donors (Lipinski definition) is 0. The van der Waals surface area contributed by atoms with Gasteiger partial charge in [-0.15, -0.1) is 0 Å². The quantitative estimate of drug-likeness (QED) is 0.633. The summed E-state index contributed by atoms with van der Waals surface area (Å²) in [5, 5.41) is 0. The van der Waals surface area contributed by atoms with Crippen molar-refractivity contribution in [1.29, 1.82) is 0 Å². The molecule has 2 rings (SSSR count). The van der Waals surface area contributed by atoms with Gasteiger partial charge < -0.3 is 4.74 Å². The van der Waals surface area contributed by atoms with E-state index in [9.17, 15) is 4.79 Å². The Morgan fingerprint density at radius 3 is 2.71 bits per heavy atom. The lowest BCUT2D eigenvalue weighted by Gasteiger charge is -2.07. The molecular formula is C12H12O2. The number of cyclic esters (lactones) is 1. The van der Waals surface area contributed by atoms with Crippen LogP contribution >= 0.6 is 0 Å². The fourth-order valence-corrected chi connectivity index (χ4v) is 1.74. The van der Waals surface area contributed by atoms with E-state index >= 15 is 0 Å². The monoisotopic (exact) mass is 188 g/mol. The van der Waals surface area contributed by atoms with Crippen LogP contribution < -0.4 is 0 Å². The second kappa shape index (κ2) is 3.66. The standard InChI is InChI=1S/C12H12O2/c1-2-11-10(8-12(13)14-11)9-6-4-3-5-7-9/h2-7,10H,8H2,1H3/b11-2+. The SMILES string of the molecule is C/C=C1/OC(=O)CC1c1ccccc1. The average Bonchev–Trinajstić information content (AvgIpc) is 2.61. The maximum atomic E-state index is 11.1. The fraction of sp³-hybridized carbons (Fsp3) is 0.250. The van der Waals surface area contributed by atoms with Crippen molar-refractivity contribution < 1.29 is 9.53 Å². The Kier molecular flexibility index (Phi) is 2.35. The molecule has 1 atom stereocenters. The first-order chi connectivity index (χ1) is 6.81. The molecule has 0 aliphatic carbocycles. The molecule has 2 heteroatoms. The van der Waals surface area contributed by atoms with E-state index in [1.807, 2.05) is 43.3 Å². The van der Waals surface area contributed by atoms with Crippen molar-refractivity contribution in [2.24, 2.45) is 0 Å². The van der Waals surface area contributed by atoms with Crippen LogP contribution in [-0.4, -0.2) is 5.97 Å². The van der Waals surface area contributed by atoms with Gasteiger partial charge in [-0.2, -0.15) is 0 Å². The van der Waals surface area contributed by atoms with Gasteiger partial charge in [-0.3, -0.25) is 4.79 Å². The Balaban J connectivity index is 2.31. The lowest BCUT2D eigenvalue weighted by Crippen LogP contribution is -1.95. The number of rotatable bonds is 1. The van der Waals surface area contributed by atoms with Crippen molar-refractivity contribution >= 4 is 5.97 Å². The summed E-state index contributed by atoms with van der Waals surface area (Å²) in [5.41, 5.74) is 1.14. The summed E-state index contributed by atoms with van der Waals surface area (Å²) in [7, 11) is 0. The normalized spacial score (nSPS) is 23.9. The van der Waals surface area contributed by atoms with Gasteiger partial charge in [-0.1, -0.05) is 30.3 Å². The molecule has 0 amide bonds. The number of hydrogen-bond acceptors (Lipinski definition) is 2. The van der Waals surface area contributed by atoms with Gasteiger partial charge in [0.05, 0.1) is 12.3 Å². The van der Waals surface area contributed by atoms with Crippen LogP contribution in [0.15, 0.2) is 42.2 Å². The van der Waals surface area contributed by atoms with Gasteiger partial charge in [0.25, 0.3) is 0 Å². The van der Waals surface area contributed by atoms with Crippen LogP contribution in [0.25, 0.3) is 0 Å². The molecule has 0 bridgehead atoms. The Morgan fingerprint density at radius 1 is 1.36 bits per heavy atom. The van der Waals surface area contributed by atoms with E-state index < -0.39 is 0 Å². The molecule has 0 N–H and O–H groups in total. The average molecular weight is 188 g/mol. The largest absolute Gasteiger partial charge is 0.431 e. The zero-order valence-corrected chi connectivity index (χ0v) is 8.07. The van der Waals surface area contributed by atoms with Gasteiger partial charge in [-0.25, -0.2) is 0 Å². The molecule has 1 fully saturated rings. The highest BCUT2D eigenvalue weighted by molar-refractivity contribution is 5.76. The molecular weight excluding hydrogens is 176 g/mol. The van der Waals surface area contributed by atoms with Crippen LogP contribution in [0.2, 0.25) is 0 Å². The van der Waals surface area contributed by atoms with E-state index in [2.05, 4.69) is 0 Å². The van der Waals surface area contributed by atoms with Crippen molar-refractivity contribution in [1.82, 2.24) is 0 Å². The summed E-state index contributed by atoms with van der Waals surface area (Å²) >= 11 is 0. The summed E-state index contributed by atoms with van der Waals surface area (Å²) in [6, 6.07) is 9.97. The molecule has 0 aromatic heterocycles. The predicted molar refractivity (Wildman–Crippen MR) is 53.6 cm³/mol. The third-order valence-electron chi connectivity index (χ3n) is 2.43. The lowest BCUT2D eigenvalue weighted by molar-refractivity contribution is -0.135. The van der Waals surface area contributed by atoms with Crippen LogP contribution in [0.4, 0.5) is 0 Å². The first-order valence-corrected chi connectivity index (χ1v) is 4.73. The maximum Gasteiger partial charge on any atom is 0.311 e. The zero-order chi connectivity index (χ0) is 9.97. The number of ether oxygens (including phenoxy) is 1. The van der Waals surface area contributed by atoms with E-state index in [0.717, 1.165) is 11.3 Å². The van der Waals surface area contributed by atoms with E-state index in [1.165, 1.54) is 0 Å². The van der Waals surface area contributed by atoms with Crippen molar-refractivity contribution in [3.05, 3.63) is 47.7 Å². The van der Waals surface area contributed by atoms with Crippen LogP contribution in [0, 0.1) is 0 Å². The smallest absolute Gasteiger partial charge is 0.311 e. The molecule has 1 aliphatic rings. The van der Waals surface area contributed by atoms with Crippen LogP contribution in [0.5, 0.6) is 0 Å². The minimum atomic E-state index is -0.132. The molecule has 1 saturated heterocycles. The molecule has 1 aliphatic heterocycles. The zero-order valence-electron chi connectivity index (χ0n) is 8.07. The van der Waals surface area contributed by atoms with Crippen molar-refractivity contribution in [3.63, 3.8) is 0 Å². The highest BCUT2D eigenvalue weighted by atomic mass is 16.5. The number of allylic oxidation sites excluding steroid dienone is 2. The molecule has 1 heterocycles. The Hall–Kier alpha value is -1.57. The third kappa shape index (κ3) is 1.55. The van der Waals surface area contributed by atoms with Crippen molar-refractivity contribution in [2.75, 3.05) is 0 Å². The van der Waals surface area contributed by atoms with Gasteiger partial charge in [0.1, 0.15) is 5.76 Å². The Labute approximate surface area is 83.2 Å². The number of esters is 1. The van der Waals surface area contributed by atoms with Crippen LogP contribution in [0.3, 0.4) is 0 Å². The molecule has 0 spiro atoms. The highest BCUT2D eigenvalue weighted by Gasteiger charge is 2.30. The number of carbonyl (C=O) groups excluding carboxylic acids is 1. The molecule has 72 valence electrons. The first-order valence-electron chi connectivity index (χ1n) is 4.73. The Bertz CT molecular complexity index is 365. The van der Waals surface area contributed by atoms with Crippen molar-refractivity contribution in [3.8, 4) is 0 Å². The Morgan fingerprint density at radius 2 is 2.07 bits per heavy atom. The summed E-state index contributed by atoms with van der Waals surface area (Å²) in [5.74, 6) is 0.766. The van der Waals surface area contributed by atoms with Crippen molar-refractivity contribution in [2.45, 2.75) is 19.3 Å². The molecule has 1 aromatic rings. The second-order valence-corrected chi connectivity index (χ2v) is 3.33. The second-order valence-electron chi connectivity index (χ2n) is 3.33. The molecule has 1 aromatic carbocycles. The molecule has 2 nitrogen and oxygen atoms in total. The van der Waals surface area contributed by atoms with Gasteiger partial charge in [0.2, 0.25) is 0 Å². The lowest BCUT2D eigenvalue weighted by atomic mass is 9.96. The molecule has 0 saturated carbocycles. The van der Waals surface area contributed by atoms with Gasteiger partial charge in [-0.05, 0) is 18.6 Å². The number of benzene rings is 1. The van der Waals surface area contributed by atoms with Crippen LogP contribution in [0.1, 0.15) is 24.8 Å². The van der Waals surface area contributed by atoms with E-state index in [-0.39, 0.29) is 11.9 Å². The van der Waals surface area contributed by atoms with E-state index in [1.54, 1.807) is 0 Å². The first kappa shape index (κ1) is 9.00. The van der Waals surface area contributed by atoms with Gasteiger partial charge >= 0.3 is 5.97 Å². The predicted octanol–water partition coefficient (Wildman–Crippen LogP) is 2.62. The number of carbonyl (C=O) groups is 1. The molecule has 0 radical (unpaired) electrons. The fourth-order valence-electron chi connectivity index (χ4n) is 1.74.